The highest BCUT2D eigenvalue weighted by Gasteiger charge is 2.18. The number of halogens is 2. The highest BCUT2D eigenvalue weighted by Crippen LogP contribution is 2.33. The molecule has 0 aliphatic heterocycles. The van der Waals surface area contributed by atoms with Crippen molar-refractivity contribution in [1.82, 2.24) is 5.32 Å². The minimum absolute atomic E-state index is 0.158. The van der Waals surface area contributed by atoms with Gasteiger partial charge < -0.3 is 15.0 Å². The zero-order valence-corrected chi connectivity index (χ0v) is 13.5. The number of nitrogens with zero attached hydrogens (tertiary/aromatic N) is 1. The Hall–Kier alpha value is -1.30. The number of hydrogen-bond acceptors (Lipinski definition) is 3. The predicted octanol–water partition coefficient (Wildman–Crippen LogP) is 2.50. The van der Waals surface area contributed by atoms with E-state index in [0.29, 0.717) is 28.9 Å². The van der Waals surface area contributed by atoms with Gasteiger partial charge in [0.25, 0.3) is 0 Å². The molecule has 1 rings (SSSR count). The average molecular weight is 333 g/mol. The number of carbonyl (C=O) groups is 2. The Morgan fingerprint density at radius 1 is 1.29 bits per heavy atom. The van der Waals surface area contributed by atoms with Crippen LogP contribution in [0.3, 0.4) is 0 Å². The van der Waals surface area contributed by atoms with Crippen LogP contribution in [0, 0.1) is 0 Å². The number of nitrogens with one attached hydrogen (secondary N) is 1. The lowest BCUT2D eigenvalue weighted by molar-refractivity contribution is -0.121. The van der Waals surface area contributed by atoms with E-state index in [1.807, 2.05) is 0 Å². The molecule has 0 aliphatic carbocycles. The fourth-order valence-corrected chi connectivity index (χ4v) is 2.37. The number of anilines is 1. The number of benzene rings is 1. The summed E-state index contributed by atoms with van der Waals surface area (Å²) in [6.45, 7) is 2.49. The van der Waals surface area contributed by atoms with Crippen molar-refractivity contribution in [3.05, 3.63) is 28.2 Å². The summed E-state index contributed by atoms with van der Waals surface area (Å²) >= 11 is 12.2. The van der Waals surface area contributed by atoms with Gasteiger partial charge in [0.15, 0.2) is 0 Å². The third-order valence-electron chi connectivity index (χ3n) is 2.78. The highest BCUT2D eigenvalue weighted by molar-refractivity contribution is 6.39. The summed E-state index contributed by atoms with van der Waals surface area (Å²) in [6.07, 6.45) is 0.158. The van der Waals surface area contributed by atoms with Gasteiger partial charge in [0.2, 0.25) is 11.8 Å². The quantitative estimate of drug-likeness (QED) is 0.780. The van der Waals surface area contributed by atoms with Crippen molar-refractivity contribution in [2.75, 3.05) is 31.7 Å². The van der Waals surface area contributed by atoms with E-state index in [1.54, 1.807) is 25.3 Å². The first-order chi connectivity index (χ1) is 9.97. The molecule has 7 heteroatoms. The molecule has 1 aromatic rings. The second-order valence-corrected chi connectivity index (χ2v) is 5.15. The van der Waals surface area contributed by atoms with Crippen LogP contribution in [0.15, 0.2) is 18.2 Å². The van der Waals surface area contributed by atoms with Crippen LogP contribution in [-0.4, -0.2) is 38.6 Å². The maximum absolute atomic E-state index is 11.8. The summed E-state index contributed by atoms with van der Waals surface area (Å²) in [5.74, 6) is -0.392. The number of carbonyl (C=O) groups excluding carboxylic acids is 2. The van der Waals surface area contributed by atoms with Gasteiger partial charge >= 0.3 is 0 Å². The molecule has 0 fully saturated rings. The predicted molar refractivity (Wildman–Crippen MR) is 84.0 cm³/mol. The number of ether oxygens (including phenoxy) is 1. The molecule has 0 radical (unpaired) electrons. The second kappa shape index (κ2) is 8.87. The maximum atomic E-state index is 11.8. The topological polar surface area (TPSA) is 58.6 Å². The molecule has 0 unspecified atom stereocenters. The lowest BCUT2D eigenvalue weighted by Gasteiger charge is -2.23. The van der Waals surface area contributed by atoms with E-state index in [0.717, 1.165) is 0 Å². The van der Waals surface area contributed by atoms with Gasteiger partial charge in [0, 0.05) is 33.5 Å². The van der Waals surface area contributed by atoms with Crippen LogP contribution in [0.25, 0.3) is 0 Å². The molecule has 21 heavy (non-hydrogen) atoms. The smallest absolute Gasteiger partial charge is 0.223 e. The first kappa shape index (κ1) is 17.8. The zero-order chi connectivity index (χ0) is 15.8. The molecule has 5 nitrogen and oxygen atoms in total. The molecule has 0 aliphatic rings. The van der Waals surface area contributed by atoms with Crippen LogP contribution in [-0.2, 0) is 14.3 Å². The maximum Gasteiger partial charge on any atom is 0.223 e. The van der Waals surface area contributed by atoms with Crippen LogP contribution in [0.5, 0.6) is 0 Å². The van der Waals surface area contributed by atoms with E-state index in [2.05, 4.69) is 5.32 Å². The van der Waals surface area contributed by atoms with E-state index >= 15 is 0 Å². The summed E-state index contributed by atoms with van der Waals surface area (Å²) in [4.78, 5) is 24.9. The van der Waals surface area contributed by atoms with Crippen LogP contribution in [0.4, 0.5) is 5.69 Å². The molecule has 0 aromatic heterocycles. The largest absolute Gasteiger partial charge is 0.383 e. The Labute approximate surface area is 134 Å². The first-order valence-electron chi connectivity index (χ1n) is 6.45. The molecule has 1 aromatic carbocycles. The van der Waals surface area contributed by atoms with Crippen molar-refractivity contribution in [2.24, 2.45) is 0 Å². The van der Waals surface area contributed by atoms with E-state index < -0.39 is 0 Å². The number of rotatable bonds is 7. The molecule has 0 atom stereocenters. The van der Waals surface area contributed by atoms with E-state index in [-0.39, 0.29) is 24.8 Å². The normalized spacial score (nSPS) is 10.3. The third kappa shape index (κ3) is 5.53. The Kier molecular flexibility index (Phi) is 7.50. The van der Waals surface area contributed by atoms with Crippen molar-refractivity contribution in [1.29, 1.82) is 0 Å². The summed E-state index contributed by atoms with van der Waals surface area (Å²) in [6, 6.07) is 5.00. The minimum Gasteiger partial charge on any atom is -0.383 e. The summed E-state index contributed by atoms with van der Waals surface area (Å²) < 4.78 is 4.84. The van der Waals surface area contributed by atoms with Crippen LogP contribution >= 0.6 is 23.2 Å². The van der Waals surface area contributed by atoms with Gasteiger partial charge in [-0.15, -0.1) is 0 Å². The molecule has 2 amide bonds. The van der Waals surface area contributed by atoms with E-state index in [4.69, 9.17) is 27.9 Å². The Balaban J connectivity index is 2.71. The lowest BCUT2D eigenvalue weighted by Crippen LogP contribution is -2.35. The van der Waals surface area contributed by atoms with Gasteiger partial charge in [-0.25, -0.2) is 0 Å². The second-order valence-electron chi connectivity index (χ2n) is 4.33. The van der Waals surface area contributed by atoms with Crippen molar-refractivity contribution < 1.29 is 14.3 Å². The molecular weight excluding hydrogens is 315 g/mol. The van der Waals surface area contributed by atoms with Crippen molar-refractivity contribution in [3.63, 3.8) is 0 Å². The SMILES string of the molecule is COCCNC(=O)CCN(C(C)=O)c1c(Cl)cccc1Cl. The fraction of sp³-hybridized carbons (Fsp3) is 0.429. The van der Waals surface area contributed by atoms with Crippen LogP contribution in [0.1, 0.15) is 13.3 Å². The van der Waals surface area contributed by atoms with Gasteiger partial charge in [0.05, 0.1) is 22.3 Å². The average Bonchev–Trinajstić information content (AvgIpc) is 2.41. The molecule has 1 N–H and O–H groups in total. The van der Waals surface area contributed by atoms with E-state index in [1.165, 1.54) is 11.8 Å². The van der Waals surface area contributed by atoms with Gasteiger partial charge in [0.1, 0.15) is 0 Å². The minimum atomic E-state index is -0.227. The molecule has 116 valence electrons. The van der Waals surface area contributed by atoms with Crippen molar-refractivity contribution in [3.8, 4) is 0 Å². The first-order valence-corrected chi connectivity index (χ1v) is 7.20. The Morgan fingerprint density at radius 2 is 1.90 bits per heavy atom. The Morgan fingerprint density at radius 3 is 2.43 bits per heavy atom. The number of methoxy groups -OCH3 is 1. The van der Waals surface area contributed by atoms with Crippen LogP contribution < -0.4 is 10.2 Å². The summed E-state index contributed by atoms with van der Waals surface area (Å²) in [7, 11) is 1.56. The standard InChI is InChI=1S/C14H18Cl2N2O3/c1-10(19)18(8-6-13(20)17-7-9-21-2)14-11(15)4-3-5-12(14)16/h3-5H,6-9H2,1-2H3,(H,17,20). The lowest BCUT2D eigenvalue weighted by atomic mass is 10.2. The third-order valence-corrected chi connectivity index (χ3v) is 3.39. The monoisotopic (exact) mass is 332 g/mol. The Bertz CT molecular complexity index is 489. The summed E-state index contributed by atoms with van der Waals surface area (Å²) in [5.41, 5.74) is 0.429. The molecule has 0 bridgehead atoms. The molecule has 0 heterocycles. The van der Waals surface area contributed by atoms with Gasteiger partial charge in [-0.05, 0) is 12.1 Å². The molecule has 0 saturated heterocycles. The van der Waals surface area contributed by atoms with Crippen LogP contribution in [0.2, 0.25) is 10.0 Å². The highest BCUT2D eigenvalue weighted by atomic mass is 35.5. The van der Waals surface area contributed by atoms with Gasteiger partial charge in [-0.1, -0.05) is 29.3 Å². The molecular formula is C14H18Cl2N2O3. The van der Waals surface area contributed by atoms with Gasteiger partial charge in [-0.2, -0.15) is 0 Å². The summed E-state index contributed by atoms with van der Waals surface area (Å²) in [5, 5.41) is 3.44. The zero-order valence-electron chi connectivity index (χ0n) is 12.0. The number of hydrogen-bond donors (Lipinski definition) is 1. The molecule has 0 saturated carbocycles. The fourth-order valence-electron chi connectivity index (χ4n) is 1.77. The van der Waals surface area contributed by atoms with Gasteiger partial charge in [-0.3, -0.25) is 9.59 Å². The molecule has 0 spiro atoms. The van der Waals surface area contributed by atoms with Crippen molar-refractivity contribution >= 4 is 40.7 Å². The van der Waals surface area contributed by atoms with E-state index in [9.17, 15) is 9.59 Å². The number of amides is 2. The van der Waals surface area contributed by atoms with Crippen molar-refractivity contribution in [2.45, 2.75) is 13.3 Å². The number of para-hydroxylation sites is 1.